The van der Waals surface area contributed by atoms with Crippen LogP contribution in [0.1, 0.15) is 19.9 Å². The fourth-order valence-corrected chi connectivity index (χ4v) is 1.92. The van der Waals surface area contributed by atoms with Crippen molar-refractivity contribution in [2.45, 2.75) is 19.9 Å². The molecule has 0 unspecified atom stereocenters. The lowest BCUT2D eigenvalue weighted by Crippen LogP contribution is -2.29. The average Bonchev–Trinajstić information content (AvgIpc) is 2.57. The first-order valence-corrected chi connectivity index (χ1v) is 5.97. The quantitative estimate of drug-likeness (QED) is 0.853. The van der Waals surface area contributed by atoms with Crippen molar-refractivity contribution >= 4 is 23.2 Å². The van der Waals surface area contributed by atoms with Gasteiger partial charge in [0.05, 0.1) is 5.02 Å². The standard InChI is InChI=1S/C11H10Cl2N2O3/c1-6(2)14-10(16)15(18-11(14)17)9-5-7(12)3-4-8(9)13/h3-6H,1-2H3. The molecule has 7 heteroatoms. The maximum Gasteiger partial charge on any atom is 0.443 e. The van der Waals surface area contributed by atoms with Crippen LogP contribution < -0.4 is 11.4 Å². The molecule has 0 radical (unpaired) electrons. The van der Waals surface area contributed by atoms with Crippen LogP contribution in [0.25, 0.3) is 5.69 Å². The molecule has 0 aliphatic carbocycles. The van der Waals surface area contributed by atoms with Crippen molar-refractivity contribution in [1.82, 2.24) is 9.31 Å². The molecule has 0 spiro atoms. The number of aromatic nitrogens is 2. The van der Waals surface area contributed by atoms with E-state index in [2.05, 4.69) is 0 Å². The van der Waals surface area contributed by atoms with Gasteiger partial charge >= 0.3 is 11.4 Å². The molecule has 1 heterocycles. The molecule has 0 aliphatic heterocycles. The highest BCUT2D eigenvalue weighted by Gasteiger charge is 2.17. The Kier molecular flexibility index (Phi) is 3.36. The number of hydrogen-bond donors (Lipinski definition) is 0. The molecule has 5 nitrogen and oxygen atoms in total. The Balaban J connectivity index is 2.73. The Morgan fingerprint density at radius 1 is 1.22 bits per heavy atom. The predicted octanol–water partition coefficient (Wildman–Crippen LogP) is 2.48. The van der Waals surface area contributed by atoms with Gasteiger partial charge in [-0.25, -0.2) is 14.2 Å². The van der Waals surface area contributed by atoms with Gasteiger partial charge in [0.1, 0.15) is 5.69 Å². The van der Waals surface area contributed by atoms with Crippen LogP contribution in [0.15, 0.2) is 32.3 Å². The minimum absolute atomic E-state index is 0.241. The first-order valence-electron chi connectivity index (χ1n) is 5.22. The van der Waals surface area contributed by atoms with E-state index < -0.39 is 11.4 Å². The van der Waals surface area contributed by atoms with Crippen LogP contribution in [0.2, 0.25) is 10.0 Å². The zero-order valence-corrected chi connectivity index (χ0v) is 11.2. The van der Waals surface area contributed by atoms with Gasteiger partial charge in [0, 0.05) is 11.1 Å². The molecule has 0 bridgehead atoms. The summed E-state index contributed by atoms with van der Waals surface area (Å²) < 4.78 is 6.74. The minimum atomic E-state index is -0.731. The topological polar surface area (TPSA) is 57.1 Å². The number of nitrogens with zero attached hydrogens (tertiary/aromatic N) is 2. The van der Waals surface area contributed by atoms with E-state index in [9.17, 15) is 9.59 Å². The smallest absolute Gasteiger partial charge is 0.312 e. The van der Waals surface area contributed by atoms with Crippen LogP contribution in [-0.2, 0) is 0 Å². The molecule has 1 aromatic carbocycles. The fraction of sp³-hybridized carbons (Fsp3) is 0.273. The van der Waals surface area contributed by atoms with Crippen molar-refractivity contribution < 1.29 is 4.52 Å². The van der Waals surface area contributed by atoms with Crippen LogP contribution in [-0.4, -0.2) is 9.31 Å². The van der Waals surface area contributed by atoms with E-state index in [1.807, 2.05) is 0 Å². The first-order chi connectivity index (χ1) is 8.41. The van der Waals surface area contributed by atoms with Crippen molar-refractivity contribution in [2.75, 3.05) is 0 Å². The van der Waals surface area contributed by atoms with E-state index in [0.29, 0.717) is 5.02 Å². The van der Waals surface area contributed by atoms with Crippen molar-refractivity contribution in [2.24, 2.45) is 0 Å². The SMILES string of the molecule is CC(C)n1c(=O)on(-c2cc(Cl)ccc2Cl)c1=O. The molecular weight excluding hydrogens is 279 g/mol. The molecule has 1 aromatic heterocycles. The zero-order valence-electron chi connectivity index (χ0n) is 9.68. The van der Waals surface area contributed by atoms with Gasteiger partial charge in [-0.15, -0.1) is 4.74 Å². The average molecular weight is 289 g/mol. The molecule has 0 saturated carbocycles. The van der Waals surface area contributed by atoms with Gasteiger partial charge in [-0.2, -0.15) is 0 Å². The maximum absolute atomic E-state index is 12.0. The van der Waals surface area contributed by atoms with Gasteiger partial charge in [-0.05, 0) is 32.0 Å². The highest BCUT2D eigenvalue weighted by atomic mass is 35.5. The Hall–Kier alpha value is -1.46. The minimum Gasteiger partial charge on any atom is -0.312 e. The lowest BCUT2D eigenvalue weighted by Gasteiger charge is -2.03. The second-order valence-corrected chi connectivity index (χ2v) is 4.84. The second-order valence-electron chi connectivity index (χ2n) is 3.99. The normalized spacial score (nSPS) is 11.2. The number of benzene rings is 1. The molecule has 2 aromatic rings. The van der Waals surface area contributed by atoms with Crippen molar-refractivity contribution in [3.8, 4) is 5.69 Å². The summed E-state index contributed by atoms with van der Waals surface area (Å²) in [7, 11) is 0. The third-order valence-electron chi connectivity index (χ3n) is 2.39. The van der Waals surface area contributed by atoms with E-state index in [1.165, 1.54) is 12.1 Å². The van der Waals surface area contributed by atoms with Crippen LogP contribution in [0.3, 0.4) is 0 Å². The van der Waals surface area contributed by atoms with Gasteiger partial charge < -0.3 is 4.52 Å². The van der Waals surface area contributed by atoms with Gasteiger partial charge in [-0.1, -0.05) is 23.2 Å². The summed E-state index contributed by atoms with van der Waals surface area (Å²) in [5, 5.41) is 0.660. The molecular formula is C11H10Cl2N2O3. The number of halogens is 2. The summed E-state index contributed by atoms with van der Waals surface area (Å²) in [4.78, 5) is 23.6. The highest BCUT2D eigenvalue weighted by molar-refractivity contribution is 6.34. The summed E-state index contributed by atoms with van der Waals surface area (Å²) in [6, 6.07) is 4.26. The Labute approximate surface area is 112 Å². The maximum atomic E-state index is 12.0. The summed E-state index contributed by atoms with van der Waals surface area (Å²) in [5.74, 6) is -0.731. The van der Waals surface area contributed by atoms with Gasteiger partial charge in [0.25, 0.3) is 0 Å². The highest BCUT2D eigenvalue weighted by Crippen LogP contribution is 2.22. The fourth-order valence-electron chi connectivity index (χ4n) is 1.56. The predicted molar refractivity (Wildman–Crippen MR) is 69.0 cm³/mol. The largest absolute Gasteiger partial charge is 0.443 e. The molecule has 0 atom stereocenters. The summed E-state index contributed by atoms with van der Waals surface area (Å²) in [5.41, 5.74) is -0.343. The van der Waals surface area contributed by atoms with Crippen LogP contribution in [0.4, 0.5) is 0 Å². The van der Waals surface area contributed by atoms with E-state index in [4.69, 9.17) is 27.7 Å². The lowest BCUT2D eigenvalue weighted by molar-refractivity contribution is 0.309. The molecule has 2 rings (SSSR count). The van der Waals surface area contributed by atoms with Crippen LogP contribution in [0.5, 0.6) is 0 Å². The molecule has 0 amide bonds. The first kappa shape index (κ1) is 13.0. The van der Waals surface area contributed by atoms with Gasteiger partial charge in [0.2, 0.25) is 0 Å². The third kappa shape index (κ3) is 2.11. The van der Waals surface area contributed by atoms with E-state index in [-0.39, 0.29) is 16.8 Å². The molecule has 96 valence electrons. The van der Waals surface area contributed by atoms with Crippen LogP contribution in [0, 0.1) is 0 Å². The molecule has 0 aliphatic rings. The zero-order chi connectivity index (χ0) is 13.4. The van der Waals surface area contributed by atoms with Crippen molar-refractivity contribution in [3.63, 3.8) is 0 Å². The lowest BCUT2D eigenvalue weighted by atomic mass is 10.3. The molecule has 0 fully saturated rings. The Morgan fingerprint density at radius 2 is 1.89 bits per heavy atom. The second kappa shape index (κ2) is 4.66. The van der Waals surface area contributed by atoms with E-state index in [0.717, 1.165) is 9.31 Å². The molecule has 0 N–H and O–H groups in total. The monoisotopic (exact) mass is 288 g/mol. The third-order valence-corrected chi connectivity index (χ3v) is 2.94. The van der Waals surface area contributed by atoms with Crippen molar-refractivity contribution in [3.05, 3.63) is 49.3 Å². The Morgan fingerprint density at radius 3 is 2.44 bits per heavy atom. The summed E-state index contributed by atoms with van der Waals surface area (Å²) >= 11 is 11.8. The van der Waals surface area contributed by atoms with Crippen LogP contribution >= 0.6 is 23.2 Å². The van der Waals surface area contributed by atoms with Crippen molar-refractivity contribution in [1.29, 1.82) is 0 Å². The molecule has 0 saturated heterocycles. The van der Waals surface area contributed by atoms with Gasteiger partial charge in [-0.3, -0.25) is 0 Å². The summed E-state index contributed by atoms with van der Waals surface area (Å²) in [6.07, 6.45) is 0. The number of hydrogen-bond acceptors (Lipinski definition) is 3. The summed E-state index contributed by atoms with van der Waals surface area (Å²) in [6.45, 7) is 3.42. The van der Waals surface area contributed by atoms with Gasteiger partial charge in [0.15, 0.2) is 0 Å². The van der Waals surface area contributed by atoms with E-state index >= 15 is 0 Å². The Bertz CT molecular complexity index is 697. The number of rotatable bonds is 2. The molecule has 18 heavy (non-hydrogen) atoms. The van der Waals surface area contributed by atoms with E-state index in [1.54, 1.807) is 19.9 Å².